The minimum absolute atomic E-state index is 0.0633. The second kappa shape index (κ2) is 16.3. The summed E-state index contributed by atoms with van der Waals surface area (Å²) >= 11 is 0. The van der Waals surface area contributed by atoms with Crippen molar-refractivity contribution in [3.05, 3.63) is 30.3 Å². The lowest BCUT2D eigenvalue weighted by molar-refractivity contribution is -0.122. The fourth-order valence-corrected chi connectivity index (χ4v) is 3.48. The summed E-state index contributed by atoms with van der Waals surface area (Å²) < 4.78 is 21.1. The Kier molecular flexibility index (Phi) is 14.5. The zero-order valence-corrected chi connectivity index (χ0v) is 19.0. The zero-order valence-electron chi connectivity index (χ0n) is 18.1. The number of hydrogen-bond donors (Lipinski definition) is 3. The van der Waals surface area contributed by atoms with Crippen molar-refractivity contribution in [1.29, 1.82) is 0 Å². The van der Waals surface area contributed by atoms with Crippen molar-refractivity contribution >= 4 is 13.7 Å². The van der Waals surface area contributed by atoms with Gasteiger partial charge in [-0.25, -0.2) is 4.57 Å². The minimum Gasteiger partial charge on any atom is -0.491 e. The van der Waals surface area contributed by atoms with Gasteiger partial charge in [-0.2, -0.15) is 0 Å². The lowest BCUT2D eigenvalue weighted by atomic mass is 10.1. The Hall–Kier alpha value is -1.40. The Morgan fingerprint density at radius 3 is 2.07 bits per heavy atom. The van der Waals surface area contributed by atoms with Crippen LogP contribution in [0, 0.1) is 0 Å². The van der Waals surface area contributed by atoms with Gasteiger partial charge in [0.1, 0.15) is 12.4 Å². The molecule has 0 bridgehead atoms. The predicted octanol–water partition coefficient (Wildman–Crippen LogP) is 4.97. The van der Waals surface area contributed by atoms with E-state index in [0.29, 0.717) is 12.2 Å². The Bertz CT molecular complexity index is 607. The van der Waals surface area contributed by atoms with Gasteiger partial charge in [0.15, 0.2) is 0 Å². The maximum atomic E-state index is 12.2. The molecule has 0 spiro atoms. The number of ether oxygens (including phenoxy) is 1. The van der Waals surface area contributed by atoms with Gasteiger partial charge in [-0.15, -0.1) is 0 Å². The van der Waals surface area contributed by atoms with Gasteiger partial charge in [-0.05, 0) is 18.6 Å². The largest absolute Gasteiger partial charge is 0.491 e. The van der Waals surface area contributed by atoms with E-state index in [2.05, 4.69) is 16.8 Å². The average molecular weight is 444 g/mol. The van der Waals surface area contributed by atoms with Crippen molar-refractivity contribution < 1.29 is 28.4 Å². The van der Waals surface area contributed by atoms with E-state index in [0.717, 1.165) is 19.3 Å². The van der Waals surface area contributed by atoms with Crippen molar-refractivity contribution in [3.8, 4) is 5.75 Å². The van der Waals surface area contributed by atoms with Crippen LogP contribution in [0.1, 0.15) is 77.6 Å². The number of carbonyl (C=O) groups excluding carboxylic acids is 1. The summed E-state index contributed by atoms with van der Waals surface area (Å²) in [6.45, 7) is 1.97. The molecule has 0 saturated heterocycles. The van der Waals surface area contributed by atoms with E-state index in [9.17, 15) is 9.36 Å². The molecule has 0 aliphatic heterocycles. The molecule has 7 nitrogen and oxygen atoms in total. The molecule has 172 valence electrons. The van der Waals surface area contributed by atoms with Crippen molar-refractivity contribution in [1.82, 2.24) is 5.32 Å². The Balaban J connectivity index is 2.23. The van der Waals surface area contributed by atoms with Crippen LogP contribution in [0.3, 0.4) is 0 Å². The Morgan fingerprint density at radius 2 is 1.50 bits per heavy atom. The predicted molar refractivity (Wildman–Crippen MR) is 118 cm³/mol. The van der Waals surface area contributed by atoms with Crippen molar-refractivity contribution in [3.63, 3.8) is 0 Å². The molecule has 3 N–H and O–H groups in total. The first-order valence-corrected chi connectivity index (χ1v) is 12.6. The van der Waals surface area contributed by atoms with E-state index in [-0.39, 0.29) is 19.1 Å². The number of phosphoric ester groups is 1. The van der Waals surface area contributed by atoms with E-state index in [1.54, 1.807) is 12.1 Å². The second-order valence-corrected chi connectivity index (χ2v) is 8.85. The van der Waals surface area contributed by atoms with E-state index in [1.165, 1.54) is 44.9 Å². The Morgan fingerprint density at radius 1 is 0.933 bits per heavy atom. The SMILES string of the molecule is CCCCCCCCCCCCC(=O)N[C@H](COc1ccccc1)COP(=O)(O)O. The molecule has 1 atom stereocenters. The molecule has 0 radical (unpaired) electrons. The molecule has 1 amide bonds. The molecule has 0 unspecified atom stereocenters. The normalized spacial score (nSPS) is 12.5. The number of para-hydroxylation sites is 1. The molecule has 0 fully saturated rings. The summed E-state index contributed by atoms with van der Waals surface area (Å²) in [7, 11) is -4.61. The van der Waals surface area contributed by atoms with Gasteiger partial charge in [-0.3, -0.25) is 9.32 Å². The van der Waals surface area contributed by atoms with E-state index in [1.807, 2.05) is 18.2 Å². The lowest BCUT2D eigenvalue weighted by Gasteiger charge is -2.19. The van der Waals surface area contributed by atoms with Crippen molar-refractivity contribution in [2.75, 3.05) is 13.2 Å². The molecule has 1 aromatic carbocycles. The quantitative estimate of drug-likeness (QED) is 0.219. The lowest BCUT2D eigenvalue weighted by Crippen LogP contribution is -2.42. The highest BCUT2D eigenvalue weighted by molar-refractivity contribution is 7.46. The van der Waals surface area contributed by atoms with Crippen molar-refractivity contribution in [2.24, 2.45) is 0 Å². The third-order valence-corrected chi connectivity index (χ3v) is 5.25. The highest BCUT2D eigenvalue weighted by Crippen LogP contribution is 2.35. The fraction of sp³-hybridized carbons (Fsp3) is 0.682. The fourth-order valence-electron chi connectivity index (χ4n) is 3.10. The van der Waals surface area contributed by atoms with Crippen LogP contribution >= 0.6 is 7.82 Å². The molecule has 30 heavy (non-hydrogen) atoms. The first-order chi connectivity index (χ1) is 14.4. The summed E-state index contributed by atoms with van der Waals surface area (Å²) in [6.07, 6.45) is 12.3. The third kappa shape index (κ3) is 15.4. The molecule has 0 aliphatic rings. The summed E-state index contributed by atoms with van der Waals surface area (Å²) in [6, 6.07) is 8.39. The molecule has 0 aromatic heterocycles. The number of benzene rings is 1. The van der Waals surface area contributed by atoms with Crippen molar-refractivity contribution in [2.45, 2.75) is 83.6 Å². The maximum absolute atomic E-state index is 12.2. The van der Waals surface area contributed by atoms with Crippen LogP contribution in [-0.4, -0.2) is 34.9 Å². The number of unbranched alkanes of at least 4 members (excludes halogenated alkanes) is 9. The van der Waals surface area contributed by atoms with Gasteiger partial charge in [0.05, 0.1) is 12.6 Å². The molecular formula is C22H38NO6P. The molecule has 0 aliphatic carbocycles. The average Bonchev–Trinajstić information content (AvgIpc) is 2.71. The summed E-state index contributed by atoms with van der Waals surface area (Å²) in [5, 5.41) is 2.76. The number of rotatable bonds is 18. The van der Waals surface area contributed by atoms with Crippen LogP contribution in [-0.2, 0) is 13.9 Å². The highest BCUT2D eigenvalue weighted by atomic mass is 31.2. The van der Waals surface area contributed by atoms with E-state index >= 15 is 0 Å². The first kappa shape index (κ1) is 26.6. The van der Waals surface area contributed by atoms with E-state index in [4.69, 9.17) is 14.5 Å². The van der Waals surface area contributed by atoms with Gasteiger partial charge in [0.25, 0.3) is 0 Å². The van der Waals surface area contributed by atoms with E-state index < -0.39 is 13.9 Å². The molecule has 0 heterocycles. The first-order valence-electron chi connectivity index (χ1n) is 11.1. The number of nitrogens with one attached hydrogen (secondary N) is 1. The monoisotopic (exact) mass is 443 g/mol. The number of hydrogen-bond acceptors (Lipinski definition) is 4. The number of phosphoric acid groups is 1. The van der Waals surface area contributed by atoms with Gasteiger partial charge in [0.2, 0.25) is 5.91 Å². The summed E-state index contributed by atoms with van der Waals surface area (Å²) in [5.41, 5.74) is 0. The molecular weight excluding hydrogens is 405 g/mol. The van der Waals surface area contributed by atoms with Crippen LogP contribution in [0.5, 0.6) is 5.75 Å². The van der Waals surface area contributed by atoms with Crippen LogP contribution in [0.4, 0.5) is 0 Å². The van der Waals surface area contributed by atoms with Crippen LogP contribution < -0.4 is 10.1 Å². The Labute approximate surface area is 180 Å². The van der Waals surface area contributed by atoms with Crippen LogP contribution in [0.15, 0.2) is 30.3 Å². The van der Waals surface area contributed by atoms with Crippen LogP contribution in [0.2, 0.25) is 0 Å². The molecule has 1 rings (SSSR count). The van der Waals surface area contributed by atoms with Gasteiger partial charge in [-0.1, -0.05) is 82.9 Å². The topological polar surface area (TPSA) is 105 Å². The van der Waals surface area contributed by atoms with Gasteiger partial charge >= 0.3 is 7.82 Å². The standard InChI is InChI=1S/C22H38NO6P/c1-2-3-4-5-6-7-8-9-10-14-17-22(24)23-20(19-29-30(25,26)27)18-28-21-15-12-11-13-16-21/h11-13,15-16,20H,2-10,14,17-19H2,1H3,(H,23,24)(H2,25,26,27)/t20-/m1/s1. The summed E-state index contributed by atoms with van der Waals surface area (Å²) in [5.74, 6) is 0.452. The third-order valence-electron chi connectivity index (χ3n) is 4.76. The van der Waals surface area contributed by atoms with Gasteiger partial charge < -0.3 is 19.8 Å². The highest BCUT2D eigenvalue weighted by Gasteiger charge is 2.20. The molecule has 0 saturated carbocycles. The molecule has 1 aromatic rings. The number of carbonyl (C=O) groups is 1. The summed E-state index contributed by atoms with van der Waals surface area (Å²) in [4.78, 5) is 30.1. The smallest absolute Gasteiger partial charge is 0.469 e. The molecule has 8 heteroatoms. The van der Waals surface area contributed by atoms with Crippen LogP contribution in [0.25, 0.3) is 0 Å². The maximum Gasteiger partial charge on any atom is 0.469 e. The van der Waals surface area contributed by atoms with Gasteiger partial charge in [0, 0.05) is 6.42 Å². The number of amides is 1. The second-order valence-electron chi connectivity index (χ2n) is 7.61. The zero-order chi connectivity index (χ0) is 22.1. The minimum atomic E-state index is -4.61.